The van der Waals surface area contributed by atoms with E-state index in [2.05, 4.69) is 4.98 Å². The van der Waals surface area contributed by atoms with E-state index in [0.29, 0.717) is 43.4 Å². The van der Waals surface area contributed by atoms with E-state index in [0.717, 1.165) is 10.7 Å². The monoisotopic (exact) mass is 438 g/mol. The average molecular weight is 439 g/mol. The van der Waals surface area contributed by atoms with Crippen LogP contribution >= 0.6 is 11.8 Å². The molecule has 0 aliphatic carbocycles. The Labute approximate surface area is 183 Å². The number of fused-ring (bicyclic) bond motifs is 2. The average Bonchev–Trinajstić information content (AvgIpc) is 3.25. The quantitative estimate of drug-likeness (QED) is 0.580. The Bertz CT molecular complexity index is 1110. The van der Waals surface area contributed by atoms with E-state index in [-0.39, 0.29) is 18.4 Å². The lowest BCUT2D eigenvalue weighted by Gasteiger charge is -2.37. The van der Waals surface area contributed by atoms with Crippen LogP contribution in [0.5, 0.6) is 11.5 Å². The lowest BCUT2D eigenvalue weighted by atomic mass is 10.2. The minimum atomic E-state index is -0.651. The topological polar surface area (TPSA) is 76.4 Å². The minimum Gasteiger partial charge on any atom is -0.485 e. The van der Waals surface area contributed by atoms with Gasteiger partial charge >= 0.3 is 0 Å². The Morgan fingerprint density at radius 2 is 1.74 bits per heavy atom. The predicted octanol–water partition coefficient (Wildman–Crippen LogP) is 1.94. The summed E-state index contributed by atoms with van der Waals surface area (Å²) in [6.45, 7) is 2.20. The molecule has 0 bridgehead atoms. The molecule has 4 heterocycles. The van der Waals surface area contributed by atoms with Gasteiger partial charge in [-0.3, -0.25) is 14.0 Å². The van der Waals surface area contributed by atoms with Crippen molar-refractivity contribution in [2.75, 3.05) is 38.5 Å². The molecule has 31 heavy (non-hydrogen) atoms. The number of amides is 2. The number of thioether (sulfide) groups is 1. The molecule has 0 N–H and O–H groups in total. The fourth-order valence-electron chi connectivity index (χ4n) is 3.76. The Morgan fingerprint density at radius 1 is 1.00 bits per heavy atom. The van der Waals surface area contributed by atoms with Crippen LogP contribution in [0.4, 0.5) is 0 Å². The zero-order valence-corrected chi connectivity index (χ0v) is 17.7. The molecule has 0 spiro atoms. The summed E-state index contributed by atoms with van der Waals surface area (Å²) in [6, 6.07) is 13.2. The second-order valence-corrected chi connectivity index (χ2v) is 8.34. The Morgan fingerprint density at radius 3 is 2.58 bits per heavy atom. The van der Waals surface area contributed by atoms with Gasteiger partial charge in [0.25, 0.3) is 5.91 Å². The fraction of sp³-hybridized carbons (Fsp3) is 0.318. The highest BCUT2D eigenvalue weighted by atomic mass is 32.2. The van der Waals surface area contributed by atoms with Gasteiger partial charge in [0.05, 0.1) is 17.5 Å². The van der Waals surface area contributed by atoms with E-state index in [1.165, 1.54) is 11.8 Å². The summed E-state index contributed by atoms with van der Waals surface area (Å²) >= 11 is 1.43. The smallest absolute Gasteiger partial charge is 0.267 e. The number of benzene rings is 1. The maximum atomic E-state index is 12.8. The fourth-order valence-corrected chi connectivity index (χ4v) is 4.63. The number of hydrogen-bond acceptors (Lipinski definition) is 6. The van der Waals surface area contributed by atoms with E-state index in [9.17, 15) is 9.59 Å². The van der Waals surface area contributed by atoms with E-state index >= 15 is 0 Å². The number of para-hydroxylation sites is 2. The van der Waals surface area contributed by atoms with Gasteiger partial charge in [-0.1, -0.05) is 30.0 Å². The second kappa shape index (κ2) is 8.50. The van der Waals surface area contributed by atoms with Crippen LogP contribution in [0.1, 0.15) is 0 Å². The van der Waals surface area contributed by atoms with E-state index in [4.69, 9.17) is 9.47 Å². The minimum absolute atomic E-state index is 0.0518. The van der Waals surface area contributed by atoms with E-state index in [1.54, 1.807) is 22.1 Å². The van der Waals surface area contributed by atoms with Crippen LogP contribution in [-0.4, -0.2) is 75.6 Å². The maximum Gasteiger partial charge on any atom is 0.267 e. The number of carbonyl (C=O) groups excluding carboxylic acids is 2. The van der Waals surface area contributed by atoms with Crippen LogP contribution in [0.3, 0.4) is 0 Å². The van der Waals surface area contributed by atoms with Gasteiger partial charge < -0.3 is 19.3 Å². The summed E-state index contributed by atoms with van der Waals surface area (Å²) in [5.41, 5.74) is 1.00. The summed E-state index contributed by atoms with van der Waals surface area (Å²) in [5.74, 6) is 1.52. The van der Waals surface area contributed by atoms with Crippen molar-refractivity contribution in [3.05, 3.63) is 54.9 Å². The molecule has 1 aromatic carbocycles. The molecule has 2 aliphatic rings. The van der Waals surface area contributed by atoms with Crippen LogP contribution in [0.25, 0.3) is 5.52 Å². The van der Waals surface area contributed by atoms with Gasteiger partial charge in [0.1, 0.15) is 6.61 Å². The van der Waals surface area contributed by atoms with E-state index in [1.807, 2.05) is 47.0 Å². The molecule has 0 radical (unpaired) electrons. The molecule has 2 aliphatic heterocycles. The Balaban J connectivity index is 1.12. The van der Waals surface area contributed by atoms with Crippen molar-refractivity contribution in [2.24, 2.45) is 0 Å². The molecule has 1 atom stereocenters. The number of pyridine rings is 1. The first-order valence-corrected chi connectivity index (χ1v) is 11.2. The van der Waals surface area contributed by atoms with Gasteiger partial charge in [-0.25, -0.2) is 4.98 Å². The number of hydrogen-bond donors (Lipinski definition) is 0. The summed E-state index contributed by atoms with van der Waals surface area (Å²) in [6.07, 6.45) is 3.09. The van der Waals surface area contributed by atoms with Crippen LogP contribution in [-0.2, 0) is 9.59 Å². The van der Waals surface area contributed by atoms with Crippen molar-refractivity contribution < 1.29 is 19.1 Å². The molecule has 2 amide bonds. The molecule has 160 valence electrons. The first kappa shape index (κ1) is 19.7. The molecular weight excluding hydrogens is 416 g/mol. The molecule has 0 saturated carbocycles. The van der Waals surface area contributed by atoms with Crippen molar-refractivity contribution in [1.82, 2.24) is 19.2 Å². The largest absolute Gasteiger partial charge is 0.485 e. The van der Waals surface area contributed by atoms with Gasteiger partial charge in [0.15, 0.2) is 16.7 Å². The SMILES string of the molecule is O=C(CSc1ncc2ccccn12)N1CCN(C(=O)C2COc3ccccc3O2)CC1. The Kier molecular flexibility index (Phi) is 5.42. The van der Waals surface area contributed by atoms with Gasteiger partial charge in [0, 0.05) is 32.4 Å². The third-order valence-corrected chi connectivity index (χ3v) is 6.41. The highest BCUT2D eigenvalue weighted by Gasteiger charge is 2.33. The van der Waals surface area contributed by atoms with Gasteiger partial charge in [-0.05, 0) is 24.3 Å². The van der Waals surface area contributed by atoms with Gasteiger partial charge in [0.2, 0.25) is 12.0 Å². The highest BCUT2D eigenvalue weighted by Crippen LogP contribution is 2.31. The zero-order valence-electron chi connectivity index (χ0n) is 16.8. The maximum absolute atomic E-state index is 12.8. The number of imidazole rings is 1. The lowest BCUT2D eigenvalue weighted by Crippen LogP contribution is -2.55. The van der Waals surface area contributed by atoms with Crippen molar-refractivity contribution in [2.45, 2.75) is 11.3 Å². The summed E-state index contributed by atoms with van der Waals surface area (Å²) < 4.78 is 13.5. The molecule has 5 rings (SSSR count). The number of nitrogens with zero attached hydrogens (tertiary/aromatic N) is 4. The van der Waals surface area contributed by atoms with Crippen molar-refractivity contribution in [3.8, 4) is 11.5 Å². The number of ether oxygens (including phenoxy) is 2. The first-order chi connectivity index (χ1) is 15.2. The molecule has 1 saturated heterocycles. The van der Waals surface area contributed by atoms with Gasteiger partial charge in [-0.15, -0.1) is 0 Å². The van der Waals surface area contributed by atoms with E-state index < -0.39 is 6.10 Å². The predicted molar refractivity (Wildman–Crippen MR) is 115 cm³/mol. The summed E-state index contributed by atoms with van der Waals surface area (Å²) in [4.78, 5) is 33.5. The normalized spacial score (nSPS) is 18.3. The highest BCUT2D eigenvalue weighted by molar-refractivity contribution is 7.99. The summed E-state index contributed by atoms with van der Waals surface area (Å²) in [7, 11) is 0. The third kappa shape index (κ3) is 4.05. The van der Waals surface area contributed by atoms with Gasteiger partial charge in [-0.2, -0.15) is 0 Å². The Hall–Kier alpha value is -3.20. The number of rotatable bonds is 4. The number of carbonyl (C=O) groups is 2. The van der Waals surface area contributed by atoms with Crippen LogP contribution < -0.4 is 9.47 Å². The molecule has 1 unspecified atom stereocenters. The molecule has 2 aromatic heterocycles. The number of aromatic nitrogens is 2. The number of piperazine rings is 1. The second-order valence-electron chi connectivity index (χ2n) is 7.40. The van der Waals surface area contributed by atoms with Crippen molar-refractivity contribution in [3.63, 3.8) is 0 Å². The third-order valence-electron chi connectivity index (χ3n) is 5.46. The lowest BCUT2D eigenvalue weighted by molar-refractivity contribution is -0.145. The first-order valence-electron chi connectivity index (χ1n) is 10.2. The van der Waals surface area contributed by atoms with Crippen molar-refractivity contribution >= 4 is 29.1 Å². The molecule has 8 nitrogen and oxygen atoms in total. The molecule has 3 aromatic rings. The summed E-state index contributed by atoms with van der Waals surface area (Å²) in [5, 5.41) is 0.799. The van der Waals surface area contributed by atoms with Crippen LogP contribution in [0.2, 0.25) is 0 Å². The molecule has 1 fully saturated rings. The zero-order chi connectivity index (χ0) is 21.2. The van der Waals surface area contributed by atoms with Crippen LogP contribution in [0.15, 0.2) is 60.0 Å². The standard InChI is InChI=1S/C22H22N4O4S/c27-20(15-31-22-23-13-16-5-3-4-8-26(16)22)24-9-11-25(12-10-24)21(28)19-14-29-17-6-1-2-7-18(17)30-19/h1-8,13,19H,9-12,14-15H2. The van der Waals surface area contributed by atoms with Crippen molar-refractivity contribution in [1.29, 1.82) is 0 Å². The van der Waals surface area contributed by atoms with Crippen LogP contribution in [0, 0.1) is 0 Å². The molecule has 9 heteroatoms. The molecular formula is C22H22N4O4S.